The summed E-state index contributed by atoms with van der Waals surface area (Å²) >= 11 is 12.2. The molecule has 12 heteroatoms. The summed E-state index contributed by atoms with van der Waals surface area (Å²) in [4.78, 5) is 49.9. The van der Waals surface area contributed by atoms with E-state index in [1.807, 2.05) is 0 Å². The van der Waals surface area contributed by atoms with Crippen molar-refractivity contribution in [2.45, 2.75) is 71.0 Å². The maximum Gasteiger partial charge on any atom is 0.265 e. The van der Waals surface area contributed by atoms with Crippen molar-refractivity contribution in [2.75, 3.05) is 21.3 Å². The Morgan fingerprint density at radius 2 is 0.804 bits per heavy atom. The number of nitrogens with one attached hydrogen (secondary N) is 4. The number of unbranched alkanes of at least 4 members (excludes halogenated alkanes) is 4. The fourth-order valence-electron chi connectivity index (χ4n) is 4.88. The van der Waals surface area contributed by atoms with E-state index in [9.17, 15) is 19.2 Å². The summed E-state index contributed by atoms with van der Waals surface area (Å²) in [6, 6.07) is 27.7. The Labute approximate surface area is 308 Å². The second kappa shape index (κ2) is 20.0. The van der Waals surface area contributed by atoms with Gasteiger partial charge in [-0.3, -0.25) is 19.2 Å². The standard InChI is InChI=1S/C39H42Cl2N4O6/c1-26(50-34-14-10-8-12-32(34)40)38(48)44-30-22-18-28(19-23-30)42-36(46)16-6-4-3-5-7-17-37(47)43-29-20-24-31(25-21-29)45-39(49)27(2)51-35-15-11-9-13-33(35)41/h8-15,18-27H,3-7,16-17H2,1-2H3,(H,42,46)(H,43,47)(H,44,48)(H,45,49). The highest BCUT2D eigenvalue weighted by molar-refractivity contribution is 6.32. The molecule has 0 spiro atoms. The number of carbonyl (C=O) groups is 4. The number of halogens is 2. The quantitative estimate of drug-likeness (QED) is 0.0754. The van der Waals surface area contributed by atoms with Gasteiger partial charge in [-0.2, -0.15) is 0 Å². The predicted molar refractivity (Wildman–Crippen MR) is 203 cm³/mol. The fourth-order valence-corrected chi connectivity index (χ4v) is 5.24. The first kappa shape index (κ1) is 38.7. The molecule has 0 bridgehead atoms. The van der Waals surface area contributed by atoms with Gasteiger partial charge >= 0.3 is 0 Å². The second-order valence-electron chi connectivity index (χ2n) is 11.9. The third-order valence-corrected chi connectivity index (χ3v) is 8.32. The minimum Gasteiger partial charge on any atom is -0.479 e. The van der Waals surface area contributed by atoms with Crippen LogP contribution in [0.25, 0.3) is 0 Å². The van der Waals surface area contributed by atoms with Crippen LogP contribution in [0.15, 0.2) is 97.1 Å². The van der Waals surface area contributed by atoms with Gasteiger partial charge in [0.25, 0.3) is 11.8 Å². The molecule has 0 radical (unpaired) electrons. The number of para-hydroxylation sites is 2. The Bertz CT molecular complexity index is 1640. The van der Waals surface area contributed by atoms with Crippen LogP contribution in [-0.4, -0.2) is 35.8 Å². The Morgan fingerprint density at radius 1 is 0.490 bits per heavy atom. The molecule has 2 atom stereocenters. The van der Waals surface area contributed by atoms with E-state index in [1.54, 1.807) is 111 Å². The summed E-state index contributed by atoms with van der Waals surface area (Å²) in [5.74, 6) is 0.0431. The number of rotatable bonds is 18. The van der Waals surface area contributed by atoms with Crippen molar-refractivity contribution in [1.29, 1.82) is 0 Å². The smallest absolute Gasteiger partial charge is 0.265 e. The molecule has 268 valence electrons. The lowest BCUT2D eigenvalue weighted by molar-refractivity contribution is -0.122. The van der Waals surface area contributed by atoms with Crippen LogP contribution in [0.2, 0.25) is 10.0 Å². The van der Waals surface area contributed by atoms with Gasteiger partial charge in [-0.05, 0) is 99.5 Å². The Hall–Kier alpha value is -5.06. The summed E-state index contributed by atoms with van der Waals surface area (Å²) in [5, 5.41) is 12.2. The van der Waals surface area contributed by atoms with Crippen molar-refractivity contribution in [3.8, 4) is 11.5 Å². The molecular weight excluding hydrogens is 691 g/mol. The van der Waals surface area contributed by atoms with E-state index in [1.165, 1.54) is 0 Å². The van der Waals surface area contributed by atoms with Crippen LogP contribution in [0, 0.1) is 0 Å². The van der Waals surface area contributed by atoms with Gasteiger partial charge < -0.3 is 30.7 Å². The predicted octanol–water partition coefficient (Wildman–Crippen LogP) is 9.11. The molecule has 0 saturated carbocycles. The van der Waals surface area contributed by atoms with E-state index < -0.39 is 12.2 Å². The molecular formula is C39H42Cl2N4O6. The van der Waals surface area contributed by atoms with Crippen LogP contribution in [0.4, 0.5) is 22.7 Å². The first-order valence-electron chi connectivity index (χ1n) is 16.8. The number of ether oxygens (including phenoxy) is 2. The van der Waals surface area contributed by atoms with Crippen molar-refractivity contribution < 1.29 is 28.7 Å². The molecule has 4 rings (SSSR count). The van der Waals surface area contributed by atoms with Crippen molar-refractivity contribution in [1.82, 2.24) is 0 Å². The molecule has 2 unspecified atom stereocenters. The van der Waals surface area contributed by atoms with E-state index in [-0.39, 0.29) is 23.6 Å². The minimum atomic E-state index is -0.758. The van der Waals surface area contributed by atoms with E-state index in [2.05, 4.69) is 21.3 Å². The molecule has 4 N–H and O–H groups in total. The number of carbonyl (C=O) groups excluding carboxylic acids is 4. The lowest BCUT2D eigenvalue weighted by Crippen LogP contribution is -2.30. The van der Waals surface area contributed by atoms with Crippen LogP contribution in [0.3, 0.4) is 0 Å². The molecule has 0 aliphatic heterocycles. The van der Waals surface area contributed by atoms with Crippen molar-refractivity contribution in [3.05, 3.63) is 107 Å². The molecule has 10 nitrogen and oxygen atoms in total. The van der Waals surface area contributed by atoms with Gasteiger partial charge in [0.2, 0.25) is 11.8 Å². The zero-order chi connectivity index (χ0) is 36.6. The topological polar surface area (TPSA) is 135 Å². The largest absolute Gasteiger partial charge is 0.479 e. The molecule has 0 heterocycles. The van der Waals surface area contributed by atoms with E-state index in [0.29, 0.717) is 57.1 Å². The summed E-state index contributed by atoms with van der Waals surface area (Å²) < 4.78 is 11.3. The van der Waals surface area contributed by atoms with Gasteiger partial charge in [-0.25, -0.2) is 0 Å². The summed E-state index contributed by atoms with van der Waals surface area (Å²) in [6.07, 6.45) is 3.41. The average molecular weight is 734 g/mol. The Balaban J connectivity index is 1.04. The van der Waals surface area contributed by atoms with Gasteiger partial charge in [0.15, 0.2) is 12.2 Å². The third-order valence-electron chi connectivity index (χ3n) is 7.70. The number of benzene rings is 4. The summed E-state index contributed by atoms with van der Waals surface area (Å²) in [7, 11) is 0. The van der Waals surface area contributed by atoms with Crippen molar-refractivity contribution >= 4 is 69.6 Å². The third kappa shape index (κ3) is 13.3. The van der Waals surface area contributed by atoms with Gasteiger partial charge in [-0.15, -0.1) is 0 Å². The van der Waals surface area contributed by atoms with Gasteiger partial charge in [0, 0.05) is 35.6 Å². The molecule has 51 heavy (non-hydrogen) atoms. The minimum absolute atomic E-state index is 0.0848. The van der Waals surface area contributed by atoms with Gasteiger partial charge in [-0.1, -0.05) is 66.7 Å². The molecule has 0 aliphatic rings. The summed E-state index contributed by atoms with van der Waals surface area (Å²) in [5.41, 5.74) is 2.43. The Morgan fingerprint density at radius 3 is 1.16 bits per heavy atom. The SMILES string of the molecule is CC(Oc1ccccc1Cl)C(=O)Nc1ccc(NC(=O)CCCCCCCC(=O)Nc2ccc(NC(=O)C(C)Oc3ccccc3Cl)cc2)cc1. The first-order chi connectivity index (χ1) is 24.6. The Kier molecular flexibility index (Phi) is 15.2. The van der Waals surface area contributed by atoms with E-state index in [0.717, 1.165) is 32.1 Å². The molecule has 4 aromatic rings. The molecule has 4 aromatic carbocycles. The molecule has 0 aliphatic carbocycles. The number of hydrogen-bond acceptors (Lipinski definition) is 6. The van der Waals surface area contributed by atoms with Crippen LogP contribution in [0.5, 0.6) is 11.5 Å². The average Bonchev–Trinajstić information content (AvgIpc) is 3.11. The molecule has 4 amide bonds. The number of hydrogen-bond donors (Lipinski definition) is 4. The molecule has 0 saturated heterocycles. The first-order valence-corrected chi connectivity index (χ1v) is 17.6. The van der Waals surface area contributed by atoms with E-state index >= 15 is 0 Å². The maximum atomic E-state index is 12.5. The van der Waals surface area contributed by atoms with Crippen LogP contribution < -0.4 is 30.7 Å². The van der Waals surface area contributed by atoms with Gasteiger partial charge in [0.1, 0.15) is 11.5 Å². The maximum absolute atomic E-state index is 12.5. The fraction of sp³-hybridized carbons (Fsp3) is 0.282. The highest BCUT2D eigenvalue weighted by Gasteiger charge is 2.17. The van der Waals surface area contributed by atoms with E-state index in [4.69, 9.17) is 32.7 Å². The lowest BCUT2D eigenvalue weighted by Gasteiger charge is -2.15. The van der Waals surface area contributed by atoms with Crippen LogP contribution >= 0.6 is 23.2 Å². The number of amides is 4. The van der Waals surface area contributed by atoms with Crippen molar-refractivity contribution in [3.63, 3.8) is 0 Å². The highest BCUT2D eigenvalue weighted by Crippen LogP contribution is 2.26. The zero-order valence-electron chi connectivity index (χ0n) is 28.5. The molecule has 0 fully saturated rings. The van der Waals surface area contributed by atoms with Crippen LogP contribution in [0.1, 0.15) is 58.8 Å². The second-order valence-corrected chi connectivity index (χ2v) is 12.7. The zero-order valence-corrected chi connectivity index (χ0v) is 30.1. The van der Waals surface area contributed by atoms with Gasteiger partial charge in [0.05, 0.1) is 10.0 Å². The summed E-state index contributed by atoms with van der Waals surface area (Å²) in [6.45, 7) is 3.28. The highest BCUT2D eigenvalue weighted by atomic mass is 35.5. The van der Waals surface area contributed by atoms with Crippen LogP contribution in [-0.2, 0) is 19.2 Å². The molecule has 0 aromatic heterocycles. The number of anilines is 4. The van der Waals surface area contributed by atoms with Crippen molar-refractivity contribution in [2.24, 2.45) is 0 Å². The normalized spacial score (nSPS) is 11.8. The monoisotopic (exact) mass is 732 g/mol. The lowest BCUT2D eigenvalue weighted by atomic mass is 10.1.